The van der Waals surface area contributed by atoms with E-state index in [1.165, 1.54) is 16.1 Å². The van der Waals surface area contributed by atoms with Gasteiger partial charge in [-0.2, -0.15) is 5.10 Å². The van der Waals surface area contributed by atoms with E-state index in [1.54, 1.807) is 11.6 Å². The summed E-state index contributed by atoms with van der Waals surface area (Å²) in [5, 5.41) is 8.36. The topological polar surface area (TPSA) is 92.1 Å². The van der Waals surface area contributed by atoms with Crippen LogP contribution in [-0.2, 0) is 22.5 Å². The summed E-state index contributed by atoms with van der Waals surface area (Å²) in [5.74, 6) is -0.210. The number of nitrogens with zero attached hydrogens (tertiary/aromatic N) is 5. The molecule has 2 aromatic heterocycles. The van der Waals surface area contributed by atoms with Crippen LogP contribution in [-0.4, -0.2) is 75.7 Å². The quantitative estimate of drug-likeness (QED) is 0.537. The van der Waals surface area contributed by atoms with Crippen LogP contribution in [0.4, 0.5) is 4.79 Å². The number of imide groups is 1. The third-order valence-corrected chi connectivity index (χ3v) is 6.38. The van der Waals surface area contributed by atoms with E-state index in [0.29, 0.717) is 11.6 Å². The number of carbonyl (C=O) groups is 2. The second kappa shape index (κ2) is 9.87. The second-order valence-corrected chi connectivity index (χ2v) is 8.99. The number of aryl methyl sites for hydroxylation is 1. The zero-order valence-corrected chi connectivity index (χ0v) is 20.5. The highest BCUT2D eigenvalue weighted by Gasteiger charge is 2.33. The summed E-state index contributed by atoms with van der Waals surface area (Å²) in [6, 6.07) is 5.51. The Hall–Kier alpha value is -2.72. The maximum Gasteiger partial charge on any atom is 0.327 e. The summed E-state index contributed by atoms with van der Waals surface area (Å²) in [5.41, 5.74) is 5.46. The van der Waals surface area contributed by atoms with Gasteiger partial charge < -0.3 is 15.0 Å². The number of fused-ring (bicyclic) bond motifs is 1. The van der Waals surface area contributed by atoms with Crippen molar-refractivity contribution >= 4 is 41.5 Å². The number of amides is 3. The molecule has 0 unspecified atom stereocenters. The highest BCUT2D eigenvalue weighted by molar-refractivity contribution is 6.31. The third kappa shape index (κ3) is 4.61. The minimum absolute atomic E-state index is 0. The number of carbonyl (C=O) groups excluding carboxylic acids is 2. The molecule has 1 atom stereocenters. The van der Waals surface area contributed by atoms with Crippen molar-refractivity contribution in [1.82, 2.24) is 29.7 Å². The van der Waals surface area contributed by atoms with Crippen molar-refractivity contribution in [2.45, 2.75) is 26.0 Å². The van der Waals surface area contributed by atoms with Gasteiger partial charge in [0.2, 0.25) is 0 Å². The maximum absolute atomic E-state index is 12.3. The SMILES string of the molecule is Cc1cc(Cl)cc(-c2ncnn3cc(CN4C(=O)CN(C)C4=O)cc23)c1C[C@@H]1CNCCO1.Cl. The van der Waals surface area contributed by atoms with Crippen molar-refractivity contribution in [3.63, 3.8) is 0 Å². The zero-order chi connectivity index (χ0) is 23.1. The van der Waals surface area contributed by atoms with Crippen molar-refractivity contribution in [2.75, 3.05) is 33.3 Å². The number of morpholine rings is 1. The van der Waals surface area contributed by atoms with Gasteiger partial charge in [0.1, 0.15) is 12.9 Å². The molecule has 0 saturated carbocycles. The van der Waals surface area contributed by atoms with Gasteiger partial charge in [-0.3, -0.25) is 9.69 Å². The molecule has 0 radical (unpaired) electrons. The Morgan fingerprint density at radius 2 is 2.09 bits per heavy atom. The molecule has 0 spiro atoms. The van der Waals surface area contributed by atoms with Crippen LogP contribution in [0.3, 0.4) is 0 Å². The molecule has 2 fully saturated rings. The molecule has 1 N–H and O–H groups in total. The van der Waals surface area contributed by atoms with Gasteiger partial charge in [-0.25, -0.2) is 14.3 Å². The van der Waals surface area contributed by atoms with Gasteiger partial charge in [-0.15, -0.1) is 12.4 Å². The van der Waals surface area contributed by atoms with E-state index < -0.39 is 0 Å². The highest BCUT2D eigenvalue weighted by atomic mass is 35.5. The van der Waals surface area contributed by atoms with Crippen molar-refractivity contribution < 1.29 is 14.3 Å². The van der Waals surface area contributed by atoms with Gasteiger partial charge in [-0.05, 0) is 41.8 Å². The Morgan fingerprint density at radius 1 is 1.26 bits per heavy atom. The van der Waals surface area contributed by atoms with E-state index in [2.05, 4.69) is 15.4 Å². The summed E-state index contributed by atoms with van der Waals surface area (Å²) in [4.78, 5) is 31.8. The number of ether oxygens (including phenoxy) is 1. The summed E-state index contributed by atoms with van der Waals surface area (Å²) >= 11 is 6.45. The van der Waals surface area contributed by atoms with E-state index in [9.17, 15) is 9.59 Å². The third-order valence-electron chi connectivity index (χ3n) is 6.16. The standard InChI is InChI=1S/C23H25ClN6O3.ClH/c1-14-5-16(24)7-19(18(14)8-17-9-25-3-4-33-17)22-20-6-15(11-30(20)27-13-26-22)10-29-21(31)12-28(2)23(29)32;/h5-7,11,13,17,25H,3-4,8-10,12H2,1-2H3;1H/t17-;/m1./s1. The smallest absolute Gasteiger partial charge is 0.327 e. The molecular weight excluding hydrogens is 479 g/mol. The Labute approximate surface area is 208 Å². The molecule has 5 rings (SSSR count). The average molecular weight is 505 g/mol. The van der Waals surface area contributed by atoms with Gasteiger partial charge in [0.25, 0.3) is 5.91 Å². The average Bonchev–Trinajstić information content (AvgIpc) is 3.31. The first-order chi connectivity index (χ1) is 15.9. The summed E-state index contributed by atoms with van der Waals surface area (Å²) in [6.45, 7) is 4.68. The van der Waals surface area contributed by atoms with Crippen LogP contribution in [0, 0.1) is 6.92 Å². The Bertz CT molecular complexity index is 1240. The summed E-state index contributed by atoms with van der Waals surface area (Å²) in [6.07, 6.45) is 4.13. The molecule has 2 aliphatic heterocycles. The molecule has 1 aromatic carbocycles. The molecule has 34 heavy (non-hydrogen) atoms. The number of rotatable bonds is 5. The number of likely N-dealkylation sites (N-methyl/N-ethyl adjacent to an activating group) is 1. The van der Waals surface area contributed by atoms with E-state index in [0.717, 1.165) is 53.0 Å². The van der Waals surface area contributed by atoms with E-state index in [1.807, 2.05) is 31.3 Å². The number of urea groups is 1. The fraction of sp³-hybridized carbons (Fsp3) is 0.391. The van der Waals surface area contributed by atoms with Gasteiger partial charge >= 0.3 is 6.03 Å². The lowest BCUT2D eigenvalue weighted by Gasteiger charge is -2.25. The minimum atomic E-state index is -0.296. The lowest BCUT2D eigenvalue weighted by Crippen LogP contribution is -2.39. The van der Waals surface area contributed by atoms with Crippen LogP contribution in [0.5, 0.6) is 0 Å². The van der Waals surface area contributed by atoms with Crippen LogP contribution < -0.4 is 5.32 Å². The fourth-order valence-corrected chi connectivity index (χ4v) is 4.79. The van der Waals surface area contributed by atoms with Crippen LogP contribution in [0.25, 0.3) is 16.8 Å². The number of aromatic nitrogens is 3. The molecule has 2 saturated heterocycles. The summed E-state index contributed by atoms with van der Waals surface area (Å²) < 4.78 is 7.67. The molecular formula is C23H26Cl2N6O3. The molecule has 3 aromatic rings. The van der Waals surface area contributed by atoms with E-state index in [-0.39, 0.29) is 43.5 Å². The molecule has 0 bridgehead atoms. The first-order valence-corrected chi connectivity index (χ1v) is 11.3. The molecule has 11 heteroatoms. The number of benzene rings is 1. The first kappa shape index (κ1) is 24.4. The predicted molar refractivity (Wildman–Crippen MR) is 130 cm³/mol. The van der Waals surface area contributed by atoms with Gasteiger partial charge in [0, 0.05) is 43.3 Å². The van der Waals surface area contributed by atoms with Crippen molar-refractivity contribution in [2.24, 2.45) is 0 Å². The zero-order valence-electron chi connectivity index (χ0n) is 19.0. The first-order valence-electron chi connectivity index (χ1n) is 10.9. The van der Waals surface area contributed by atoms with Crippen LogP contribution in [0.2, 0.25) is 5.02 Å². The van der Waals surface area contributed by atoms with E-state index in [4.69, 9.17) is 16.3 Å². The molecule has 2 aliphatic rings. The Kier molecular flexibility index (Phi) is 7.09. The number of hydrogen-bond acceptors (Lipinski definition) is 6. The maximum atomic E-state index is 12.3. The Balaban J connectivity index is 0.00000274. The normalized spacial score (nSPS) is 18.6. The number of hydrogen-bond donors (Lipinski definition) is 1. The largest absolute Gasteiger partial charge is 0.375 e. The molecule has 0 aliphatic carbocycles. The predicted octanol–water partition coefficient (Wildman–Crippen LogP) is 2.70. The number of halogens is 2. The van der Waals surface area contributed by atoms with Gasteiger partial charge in [0.05, 0.1) is 30.5 Å². The lowest BCUT2D eigenvalue weighted by atomic mass is 9.94. The lowest BCUT2D eigenvalue weighted by molar-refractivity contribution is -0.125. The van der Waals surface area contributed by atoms with Gasteiger partial charge in [-0.1, -0.05) is 11.6 Å². The molecule has 4 heterocycles. The molecule has 180 valence electrons. The highest BCUT2D eigenvalue weighted by Crippen LogP contribution is 2.33. The van der Waals surface area contributed by atoms with Crippen molar-refractivity contribution in [3.05, 3.63) is 52.4 Å². The van der Waals surface area contributed by atoms with Crippen LogP contribution >= 0.6 is 24.0 Å². The van der Waals surface area contributed by atoms with Gasteiger partial charge in [0.15, 0.2) is 0 Å². The van der Waals surface area contributed by atoms with Crippen LogP contribution in [0.1, 0.15) is 16.7 Å². The second-order valence-electron chi connectivity index (χ2n) is 8.56. The van der Waals surface area contributed by atoms with Crippen LogP contribution in [0.15, 0.2) is 30.7 Å². The Morgan fingerprint density at radius 3 is 2.79 bits per heavy atom. The number of nitrogens with one attached hydrogen (secondary N) is 1. The molecule has 3 amide bonds. The van der Waals surface area contributed by atoms with E-state index >= 15 is 0 Å². The summed E-state index contributed by atoms with van der Waals surface area (Å²) in [7, 11) is 1.62. The van der Waals surface area contributed by atoms with Crippen molar-refractivity contribution in [3.8, 4) is 11.3 Å². The molecule has 9 nitrogen and oxygen atoms in total. The van der Waals surface area contributed by atoms with Crippen molar-refractivity contribution in [1.29, 1.82) is 0 Å². The monoisotopic (exact) mass is 504 g/mol. The fourth-order valence-electron chi connectivity index (χ4n) is 4.52. The minimum Gasteiger partial charge on any atom is -0.375 e.